The fourth-order valence-electron chi connectivity index (χ4n) is 2.78. The van der Waals surface area contributed by atoms with Gasteiger partial charge in [-0.1, -0.05) is 6.92 Å². The van der Waals surface area contributed by atoms with Crippen molar-refractivity contribution in [2.45, 2.75) is 32.1 Å². The van der Waals surface area contributed by atoms with Crippen LogP contribution < -0.4 is 0 Å². The van der Waals surface area contributed by atoms with E-state index in [1.165, 1.54) is 23.7 Å². The molecule has 0 saturated carbocycles. The van der Waals surface area contributed by atoms with Crippen molar-refractivity contribution in [3.8, 4) is 0 Å². The molecule has 84 valence electrons. The van der Waals surface area contributed by atoms with E-state index in [4.69, 9.17) is 0 Å². The van der Waals surface area contributed by atoms with Crippen molar-refractivity contribution in [3.05, 3.63) is 33.7 Å². The Balaban J connectivity index is 2.31. The van der Waals surface area contributed by atoms with Crippen molar-refractivity contribution in [1.82, 2.24) is 4.98 Å². The van der Waals surface area contributed by atoms with Gasteiger partial charge < -0.3 is 4.98 Å². The molecule has 0 fully saturated rings. The van der Waals surface area contributed by atoms with Gasteiger partial charge in [0.1, 0.15) is 5.82 Å². The average molecular weight is 282 g/mol. The summed E-state index contributed by atoms with van der Waals surface area (Å²) in [5.74, 6) is 0.457. The molecule has 1 aliphatic rings. The first-order valence-corrected chi connectivity index (χ1v) is 6.49. The van der Waals surface area contributed by atoms with Crippen molar-refractivity contribution >= 4 is 26.8 Å². The minimum atomic E-state index is -0.166. The average Bonchev–Trinajstić information content (AvgIpc) is 2.77. The molecule has 3 rings (SSSR count). The van der Waals surface area contributed by atoms with E-state index in [0.717, 1.165) is 28.2 Å². The van der Waals surface area contributed by atoms with Crippen LogP contribution in [0.2, 0.25) is 0 Å². The van der Waals surface area contributed by atoms with E-state index in [1.807, 2.05) is 0 Å². The Morgan fingerprint density at radius 1 is 1.50 bits per heavy atom. The molecule has 0 radical (unpaired) electrons. The van der Waals surface area contributed by atoms with Gasteiger partial charge in [-0.3, -0.25) is 0 Å². The first-order chi connectivity index (χ1) is 7.70. The second kappa shape index (κ2) is 3.59. The zero-order valence-corrected chi connectivity index (χ0v) is 10.7. The number of fused-ring (bicyclic) bond motifs is 3. The Labute approximate surface area is 102 Å². The van der Waals surface area contributed by atoms with Gasteiger partial charge in [0, 0.05) is 15.6 Å². The quantitative estimate of drug-likeness (QED) is 0.792. The van der Waals surface area contributed by atoms with Gasteiger partial charge in [-0.15, -0.1) is 0 Å². The molecule has 16 heavy (non-hydrogen) atoms. The van der Waals surface area contributed by atoms with Crippen LogP contribution >= 0.6 is 15.9 Å². The summed E-state index contributed by atoms with van der Waals surface area (Å²) in [7, 11) is 0. The zero-order chi connectivity index (χ0) is 11.3. The molecule has 2 aromatic rings. The lowest BCUT2D eigenvalue weighted by Crippen LogP contribution is -1.91. The molecule has 0 bridgehead atoms. The number of aromatic nitrogens is 1. The number of nitrogens with one attached hydrogen (secondary N) is 1. The lowest BCUT2D eigenvalue weighted by molar-refractivity contribution is 0.628. The normalized spacial score (nSPS) is 19.3. The Morgan fingerprint density at radius 3 is 3.06 bits per heavy atom. The standard InChI is InChI=1S/C13H13BrFN/c1-2-7-3-4-9-10-5-8(15)6-11(14)13(10)16-12(7)9/h5-7,16H,2-4H2,1H3. The van der Waals surface area contributed by atoms with Gasteiger partial charge in [0.2, 0.25) is 0 Å². The van der Waals surface area contributed by atoms with Crippen LogP contribution in [0.3, 0.4) is 0 Å². The van der Waals surface area contributed by atoms with Crippen molar-refractivity contribution in [1.29, 1.82) is 0 Å². The van der Waals surface area contributed by atoms with Gasteiger partial charge in [-0.25, -0.2) is 4.39 Å². The van der Waals surface area contributed by atoms with Crippen LogP contribution in [0.15, 0.2) is 16.6 Å². The first-order valence-electron chi connectivity index (χ1n) is 5.70. The molecule has 0 aliphatic heterocycles. The monoisotopic (exact) mass is 281 g/mol. The molecule has 1 unspecified atom stereocenters. The predicted molar refractivity (Wildman–Crippen MR) is 67.3 cm³/mol. The van der Waals surface area contributed by atoms with E-state index in [1.54, 1.807) is 6.07 Å². The smallest absolute Gasteiger partial charge is 0.125 e. The Bertz CT molecular complexity index is 559. The van der Waals surface area contributed by atoms with Crippen molar-refractivity contribution in [3.63, 3.8) is 0 Å². The lowest BCUT2D eigenvalue weighted by atomic mass is 10.1. The van der Waals surface area contributed by atoms with Gasteiger partial charge >= 0.3 is 0 Å². The summed E-state index contributed by atoms with van der Waals surface area (Å²) in [6, 6.07) is 3.17. The highest BCUT2D eigenvalue weighted by atomic mass is 79.9. The molecular weight excluding hydrogens is 269 g/mol. The highest BCUT2D eigenvalue weighted by Gasteiger charge is 2.26. The molecule has 1 aromatic carbocycles. The summed E-state index contributed by atoms with van der Waals surface area (Å²) in [4.78, 5) is 3.46. The highest BCUT2D eigenvalue weighted by molar-refractivity contribution is 9.10. The van der Waals surface area contributed by atoms with Gasteiger partial charge in [-0.2, -0.15) is 0 Å². The van der Waals surface area contributed by atoms with E-state index in [0.29, 0.717) is 5.92 Å². The van der Waals surface area contributed by atoms with Crippen molar-refractivity contribution < 1.29 is 4.39 Å². The van der Waals surface area contributed by atoms with E-state index < -0.39 is 0 Å². The van der Waals surface area contributed by atoms with Gasteiger partial charge in [0.25, 0.3) is 0 Å². The van der Waals surface area contributed by atoms with E-state index in [2.05, 4.69) is 27.8 Å². The third kappa shape index (κ3) is 1.34. The summed E-state index contributed by atoms with van der Waals surface area (Å²) in [6.07, 6.45) is 3.42. The molecule has 0 saturated heterocycles. The Hall–Kier alpha value is -0.830. The number of hydrogen-bond donors (Lipinski definition) is 1. The summed E-state index contributed by atoms with van der Waals surface area (Å²) in [6.45, 7) is 2.21. The maximum atomic E-state index is 13.4. The lowest BCUT2D eigenvalue weighted by Gasteiger charge is -2.04. The van der Waals surface area contributed by atoms with Gasteiger partial charge in [-0.05, 0) is 58.8 Å². The van der Waals surface area contributed by atoms with Crippen LogP contribution in [0.1, 0.15) is 36.9 Å². The number of aryl methyl sites for hydroxylation is 1. The predicted octanol–water partition coefficient (Wildman–Crippen LogP) is 4.51. The number of rotatable bonds is 1. The number of hydrogen-bond acceptors (Lipinski definition) is 0. The fourth-order valence-corrected chi connectivity index (χ4v) is 3.31. The SMILES string of the molecule is CCC1CCc2c1[nH]c1c(Br)cc(F)cc21. The van der Waals surface area contributed by atoms with E-state index in [-0.39, 0.29) is 5.82 Å². The number of halogens is 2. The van der Waals surface area contributed by atoms with Crippen LogP contribution in [-0.4, -0.2) is 4.98 Å². The summed E-state index contributed by atoms with van der Waals surface area (Å²) in [5, 5.41) is 1.05. The zero-order valence-electron chi connectivity index (χ0n) is 9.11. The first kappa shape index (κ1) is 10.3. The van der Waals surface area contributed by atoms with Crippen LogP contribution in [0.5, 0.6) is 0 Å². The van der Waals surface area contributed by atoms with Crippen LogP contribution in [0, 0.1) is 5.82 Å². The molecular formula is C13H13BrFN. The molecule has 3 heteroatoms. The minimum absolute atomic E-state index is 0.166. The molecule has 1 heterocycles. The van der Waals surface area contributed by atoms with Crippen molar-refractivity contribution in [2.75, 3.05) is 0 Å². The Morgan fingerprint density at radius 2 is 2.31 bits per heavy atom. The van der Waals surface area contributed by atoms with Crippen LogP contribution in [0.4, 0.5) is 4.39 Å². The fraction of sp³-hybridized carbons (Fsp3) is 0.385. The van der Waals surface area contributed by atoms with Crippen LogP contribution in [0.25, 0.3) is 10.9 Å². The maximum Gasteiger partial charge on any atom is 0.125 e. The summed E-state index contributed by atoms with van der Waals surface area (Å²) in [5.41, 5.74) is 3.69. The molecule has 1 aromatic heterocycles. The summed E-state index contributed by atoms with van der Waals surface area (Å²) < 4.78 is 14.2. The van der Waals surface area contributed by atoms with E-state index >= 15 is 0 Å². The second-order valence-electron chi connectivity index (χ2n) is 4.47. The third-order valence-corrected chi connectivity index (χ3v) is 4.23. The molecule has 1 atom stereocenters. The highest BCUT2D eigenvalue weighted by Crippen LogP contribution is 2.41. The third-order valence-electron chi connectivity index (χ3n) is 3.61. The number of benzene rings is 1. The molecule has 1 N–H and O–H groups in total. The molecule has 0 amide bonds. The van der Waals surface area contributed by atoms with Crippen LogP contribution in [-0.2, 0) is 6.42 Å². The van der Waals surface area contributed by atoms with Gasteiger partial charge in [0.15, 0.2) is 0 Å². The summed E-state index contributed by atoms with van der Waals surface area (Å²) >= 11 is 3.42. The number of H-pyrrole nitrogens is 1. The van der Waals surface area contributed by atoms with Gasteiger partial charge in [0.05, 0.1) is 5.52 Å². The Kier molecular flexibility index (Phi) is 2.32. The molecule has 1 aliphatic carbocycles. The number of aromatic amines is 1. The topological polar surface area (TPSA) is 15.8 Å². The van der Waals surface area contributed by atoms with E-state index in [9.17, 15) is 4.39 Å². The van der Waals surface area contributed by atoms with Crippen molar-refractivity contribution in [2.24, 2.45) is 0 Å². The maximum absolute atomic E-state index is 13.4. The minimum Gasteiger partial charge on any atom is -0.357 e. The molecule has 1 nitrogen and oxygen atoms in total. The second-order valence-corrected chi connectivity index (χ2v) is 5.33. The largest absolute Gasteiger partial charge is 0.357 e. The molecule has 0 spiro atoms.